The standard InChI is InChI=1S/C22H24BrFN2O3S/c1-16-4-8-20(9-5-16)30(28,29)25-14-17-3-2-12-26(15-17)22(27)11-6-18-13-19(23)7-10-21(18)24/h4-11,13,17,25H,2-3,12,14-15H2,1H3/b11-6+. The van der Waals surface area contributed by atoms with Crippen LogP contribution in [-0.4, -0.2) is 38.9 Å². The fourth-order valence-electron chi connectivity index (χ4n) is 3.37. The third kappa shape index (κ3) is 6.00. The molecule has 0 radical (unpaired) electrons. The third-order valence-corrected chi connectivity index (χ3v) is 7.02. The van der Waals surface area contributed by atoms with Crippen LogP contribution in [0.5, 0.6) is 0 Å². The summed E-state index contributed by atoms with van der Waals surface area (Å²) in [6.45, 7) is 3.23. The highest BCUT2D eigenvalue weighted by molar-refractivity contribution is 9.10. The number of benzene rings is 2. The van der Waals surface area contributed by atoms with E-state index in [1.807, 2.05) is 6.92 Å². The number of carbonyl (C=O) groups is 1. The van der Waals surface area contributed by atoms with Crippen LogP contribution in [-0.2, 0) is 14.8 Å². The Morgan fingerprint density at radius 3 is 2.73 bits per heavy atom. The van der Waals surface area contributed by atoms with E-state index in [1.165, 1.54) is 18.2 Å². The minimum absolute atomic E-state index is 0.0268. The Balaban J connectivity index is 1.58. The van der Waals surface area contributed by atoms with Crippen molar-refractivity contribution in [1.82, 2.24) is 9.62 Å². The van der Waals surface area contributed by atoms with Gasteiger partial charge in [0.1, 0.15) is 5.82 Å². The number of nitrogens with one attached hydrogen (secondary N) is 1. The number of likely N-dealkylation sites (tertiary alicyclic amines) is 1. The molecule has 160 valence electrons. The molecule has 30 heavy (non-hydrogen) atoms. The van der Waals surface area contributed by atoms with Crippen molar-refractivity contribution in [3.63, 3.8) is 0 Å². The molecule has 0 saturated carbocycles. The minimum atomic E-state index is -3.58. The minimum Gasteiger partial charge on any atom is -0.339 e. The first kappa shape index (κ1) is 22.7. The molecule has 3 rings (SSSR count). The molecule has 1 aliphatic heterocycles. The summed E-state index contributed by atoms with van der Waals surface area (Å²) in [6, 6.07) is 11.2. The number of hydrogen-bond donors (Lipinski definition) is 1. The number of hydrogen-bond acceptors (Lipinski definition) is 3. The van der Waals surface area contributed by atoms with E-state index in [0.29, 0.717) is 18.7 Å². The first-order chi connectivity index (χ1) is 14.2. The van der Waals surface area contributed by atoms with Gasteiger partial charge >= 0.3 is 0 Å². The fraction of sp³-hybridized carbons (Fsp3) is 0.318. The van der Waals surface area contributed by atoms with Crippen molar-refractivity contribution in [2.75, 3.05) is 19.6 Å². The van der Waals surface area contributed by atoms with Gasteiger partial charge in [0.25, 0.3) is 0 Å². The highest BCUT2D eigenvalue weighted by atomic mass is 79.9. The molecular weight excluding hydrogens is 471 g/mol. The summed E-state index contributed by atoms with van der Waals surface area (Å²) in [5.41, 5.74) is 1.32. The Morgan fingerprint density at radius 1 is 1.27 bits per heavy atom. The van der Waals surface area contributed by atoms with Crippen molar-refractivity contribution in [1.29, 1.82) is 0 Å². The number of piperidine rings is 1. The largest absolute Gasteiger partial charge is 0.339 e. The van der Waals surface area contributed by atoms with Gasteiger partial charge in [-0.25, -0.2) is 17.5 Å². The maximum atomic E-state index is 13.8. The summed E-state index contributed by atoms with van der Waals surface area (Å²) in [7, 11) is -3.58. The third-order valence-electron chi connectivity index (χ3n) is 5.09. The summed E-state index contributed by atoms with van der Waals surface area (Å²) in [6.07, 6.45) is 4.46. The van der Waals surface area contributed by atoms with Gasteiger partial charge < -0.3 is 4.90 Å². The van der Waals surface area contributed by atoms with Crippen molar-refractivity contribution in [2.24, 2.45) is 5.92 Å². The molecule has 1 amide bonds. The van der Waals surface area contributed by atoms with Crippen LogP contribution < -0.4 is 4.72 Å². The van der Waals surface area contributed by atoms with Gasteiger partial charge in [-0.3, -0.25) is 4.79 Å². The van der Waals surface area contributed by atoms with Gasteiger partial charge in [-0.2, -0.15) is 0 Å². The lowest BCUT2D eigenvalue weighted by atomic mass is 9.98. The molecule has 2 aromatic rings. The normalized spacial score (nSPS) is 17.4. The number of sulfonamides is 1. The number of amides is 1. The van der Waals surface area contributed by atoms with E-state index in [4.69, 9.17) is 0 Å². The summed E-state index contributed by atoms with van der Waals surface area (Å²) in [5, 5.41) is 0. The maximum Gasteiger partial charge on any atom is 0.246 e. The maximum absolute atomic E-state index is 13.8. The predicted octanol–water partition coefficient (Wildman–Crippen LogP) is 4.13. The van der Waals surface area contributed by atoms with Crippen LogP contribution in [0.15, 0.2) is 57.9 Å². The van der Waals surface area contributed by atoms with Crippen molar-refractivity contribution in [3.05, 3.63) is 70.0 Å². The predicted molar refractivity (Wildman–Crippen MR) is 119 cm³/mol. The molecule has 1 atom stereocenters. The molecular formula is C22H24BrFN2O3S. The first-order valence-electron chi connectivity index (χ1n) is 9.73. The number of halogens is 2. The Labute approximate surface area is 185 Å². The van der Waals surface area contributed by atoms with Gasteiger partial charge in [-0.1, -0.05) is 33.6 Å². The van der Waals surface area contributed by atoms with Crippen molar-refractivity contribution >= 4 is 37.9 Å². The van der Waals surface area contributed by atoms with E-state index in [-0.39, 0.29) is 23.3 Å². The van der Waals surface area contributed by atoms with Gasteiger partial charge in [-0.15, -0.1) is 0 Å². The van der Waals surface area contributed by atoms with E-state index in [9.17, 15) is 17.6 Å². The second-order valence-corrected chi connectivity index (χ2v) is 10.1. The average molecular weight is 495 g/mol. The van der Waals surface area contributed by atoms with E-state index in [2.05, 4.69) is 20.7 Å². The molecule has 2 aromatic carbocycles. The zero-order valence-electron chi connectivity index (χ0n) is 16.6. The molecule has 1 N–H and O–H groups in total. The van der Waals surface area contributed by atoms with Crippen molar-refractivity contribution in [3.8, 4) is 0 Å². The Bertz CT molecular complexity index is 1040. The fourth-order valence-corrected chi connectivity index (χ4v) is 4.86. The number of rotatable bonds is 6. The van der Waals surface area contributed by atoms with Gasteiger partial charge in [-0.05, 0) is 62.1 Å². The zero-order valence-corrected chi connectivity index (χ0v) is 19.0. The quantitative estimate of drug-likeness (QED) is 0.614. The van der Waals surface area contributed by atoms with E-state index < -0.39 is 15.8 Å². The van der Waals surface area contributed by atoms with Gasteiger partial charge in [0.05, 0.1) is 4.90 Å². The molecule has 1 unspecified atom stereocenters. The lowest BCUT2D eigenvalue weighted by Crippen LogP contribution is -2.43. The summed E-state index contributed by atoms with van der Waals surface area (Å²) in [5.74, 6) is -0.580. The van der Waals surface area contributed by atoms with Crippen LogP contribution in [0, 0.1) is 18.7 Å². The van der Waals surface area contributed by atoms with Crippen LogP contribution >= 0.6 is 15.9 Å². The number of aryl methyl sites for hydroxylation is 1. The average Bonchev–Trinajstić information content (AvgIpc) is 2.73. The highest BCUT2D eigenvalue weighted by Gasteiger charge is 2.24. The van der Waals surface area contributed by atoms with Gasteiger partial charge in [0, 0.05) is 35.7 Å². The van der Waals surface area contributed by atoms with Crippen LogP contribution in [0.3, 0.4) is 0 Å². The molecule has 1 fully saturated rings. The summed E-state index contributed by atoms with van der Waals surface area (Å²) < 4.78 is 42.2. The molecule has 1 saturated heterocycles. The molecule has 8 heteroatoms. The van der Waals surface area contributed by atoms with Crippen LogP contribution in [0.1, 0.15) is 24.0 Å². The topological polar surface area (TPSA) is 66.5 Å². The first-order valence-corrected chi connectivity index (χ1v) is 12.0. The number of carbonyl (C=O) groups excluding carboxylic acids is 1. The second kappa shape index (κ2) is 9.85. The second-order valence-electron chi connectivity index (χ2n) is 7.46. The summed E-state index contributed by atoms with van der Waals surface area (Å²) in [4.78, 5) is 14.4. The lowest BCUT2D eigenvalue weighted by molar-refractivity contribution is -0.127. The smallest absolute Gasteiger partial charge is 0.246 e. The monoisotopic (exact) mass is 494 g/mol. The van der Waals surface area contributed by atoms with Gasteiger partial charge in [0.15, 0.2) is 0 Å². The zero-order chi connectivity index (χ0) is 21.7. The molecule has 0 aliphatic carbocycles. The molecule has 0 aromatic heterocycles. The molecule has 1 aliphatic rings. The van der Waals surface area contributed by atoms with E-state index >= 15 is 0 Å². The van der Waals surface area contributed by atoms with E-state index in [1.54, 1.807) is 41.3 Å². The Hall–Kier alpha value is -2.03. The lowest BCUT2D eigenvalue weighted by Gasteiger charge is -2.32. The van der Waals surface area contributed by atoms with E-state index in [0.717, 1.165) is 22.9 Å². The van der Waals surface area contributed by atoms with Crippen LogP contribution in [0.2, 0.25) is 0 Å². The Kier molecular flexibility index (Phi) is 7.44. The van der Waals surface area contributed by atoms with Crippen molar-refractivity contribution in [2.45, 2.75) is 24.7 Å². The SMILES string of the molecule is Cc1ccc(S(=O)(=O)NCC2CCCN(C(=O)/C=C/c3cc(Br)ccc3F)C2)cc1. The molecule has 0 bridgehead atoms. The summed E-state index contributed by atoms with van der Waals surface area (Å²) >= 11 is 3.29. The molecule has 1 heterocycles. The Morgan fingerprint density at radius 2 is 2.00 bits per heavy atom. The molecule has 5 nitrogen and oxygen atoms in total. The van der Waals surface area contributed by atoms with Crippen LogP contribution in [0.4, 0.5) is 4.39 Å². The van der Waals surface area contributed by atoms with Gasteiger partial charge in [0.2, 0.25) is 15.9 Å². The molecule has 0 spiro atoms. The highest BCUT2D eigenvalue weighted by Crippen LogP contribution is 2.19. The van der Waals surface area contributed by atoms with Crippen LogP contribution in [0.25, 0.3) is 6.08 Å². The van der Waals surface area contributed by atoms with Crippen molar-refractivity contribution < 1.29 is 17.6 Å². The number of nitrogens with zero attached hydrogens (tertiary/aromatic N) is 1.